The van der Waals surface area contributed by atoms with Crippen molar-refractivity contribution in [2.24, 2.45) is 5.41 Å². The summed E-state index contributed by atoms with van der Waals surface area (Å²) in [5.41, 5.74) is 2.61. The van der Waals surface area contributed by atoms with Crippen LogP contribution in [-0.2, 0) is 0 Å². The third kappa shape index (κ3) is 2.07. The number of piperidine rings is 1. The van der Waals surface area contributed by atoms with Gasteiger partial charge in [-0.3, -0.25) is 0 Å². The third-order valence-corrected chi connectivity index (χ3v) is 3.63. The minimum absolute atomic E-state index is 0.0134. The molecule has 0 amide bonds. The number of benzene rings is 1. The lowest BCUT2D eigenvalue weighted by Gasteiger charge is -2.43. The maximum atomic E-state index is 9.94. The van der Waals surface area contributed by atoms with E-state index in [0.29, 0.717) is 0 Å². The van der Waals surface area contributed by atoms with Gasteiger partial charge in [0.15, 0.2) is 0 Å². The van der Waals surface area contributed by atoms with Gasteiger partial charge >= 0.3 is 0 Å². The quantitative estimate of drug-likeness (QED) is 0.784. The van der Waals surface area contributed by atoms with Crippen molar-refractivity contribution >= 4 is 5.69 Å². The third-order valence-electron chi connectivity index (χ3n) is 3.63. The van der Waals surface area contributed by atoms with Crippen molar-refractivity contribution in [2.45, 2.75) is 33.3 Å². The predicted octanol–water partition coefficient (Wildman–Crippen LogP) is 2.59. The van der Waals surface area contributed by atoms with Crippen molar-refractivity contribution in [3.05, 3.63) is 29.8 Å². The molecule has 1 aliphatic rings. The van der Waals surface area contributed by atoms with Crippen molar-refractivity contribution < 1.29 is 5.11 Å². The van der Waals surface area contributed by atoms with Gasteiger partial charge in [0.2, 0.25) is 0 Å². The molecule has 1 heterocycles. The van der Waals surface area contributed by atoms with Crippen molar-refractivity contribution in [1.29, 1.82) is 0 Å². The van der Waals surface area contributed by atoms with Gasteiger partial charge in [0.05, 0.1) is 6.10 Å². The zero-order valence-corrected chi connectivity index (χ0v) is 10.4. The number of hydrogen-bond acceptors (Lipinski definition) is 2. The van der Waals surface area contributed by atoms with Crippen LogP contribution in [0.1, 0.15) is 25.8 Å². The van der Waals surface area contributed by atoms with E-state index >= 15 is 0 Å². The predicted molar refractivity (Wildman–Crippen MR) is 67.8 cm³/mol. The van der Waals surface area contributed by atoms with Gasteiger partial charge in [-0.05, 0) is 25.0 Å². The molecule has 0 aromatic heterocycles. The summed E-state index contributed by atoms with van der Waals surface area (Å²) in [6.45, 7) is 8.31. The average Bonchev–Trinajstić information content (AvgIpc) is 2.23. The van der Waals surface area contributed by atoms with Gasteiger partial charge in [0, 0.05) is 24.2 Å². The Labute approximate surface area is 97.9 Å². The lowest BCUT2D eigenvalue weighted by atomic mass is 9.81. The first-order valence-corrected chi connectivity index (χ1v) is 5.99. The number of para-hydroxylation sites is 1. The fraction of sp³-hybridized carbons (Fsp3) is 0.571. The minimum Gasteiger partial charge on any atom is -0.392 e. The number of anilines is 1. The van der Waals surface area contributed by atoms with Gasteiger partial charge in [-0.15, -0.1) is 0 Å². The Morgan fingerprint density at radius 1 is 1.31 bits per heavy atom. The first kappa shape index (κ1) is 11.5. The molecule has 2 rings (SSSR count). The summed E-state index contributed by atoms with van der Waals surface area (Å²) in [5, 5.41) is 9.94. The SMILES string of the molecule is Cc1ccccc1N1CCC(O)C(C)(C)C1. The van der Waals surface area contributed by atoms with E-state index in [1.165, 1.54) is 11.3 Å². The van der Waals surface area contributed by atoms with Gasteiger partial charge in [-0.25, -0.2) is 0 Å². The van der Waals surface area contributed by atoms with E-state index in [-0.39, 0.29) is 11.5 Å². The first-order chi connectivity index (χ1) is 7.50. The van der Waals surface area contributed by atoms with Crippen LogP contribution in [0.5, 0.6) is 0 Å². The molecule has 0 bridgehead atoms. The maximum absolute atomic E-state index is 9.94. The van der Waals surface area contributed by atoms with Crippen molar-refractivity contribution in [2.75, 3.05) is 18.0 Å². The van der Waals surface area contributed by atoms with Crippen LogP contribution in [0, 0.1) is 12.3 Å². The Morgan fingerprint density at radius 3 is 2.62 bits per heavy atom. The molecule has 0 radical (unpaired) electrons. The Kier molecular flexibility index (Phi) is 2.94. The highest BCUT2D eigenvalue weighted by Crippen LogP contribution is 2.33. The second kappa shape index (κ2) is 4.10. The van der Waals surface area contributed by atoms with E-state index in [2.05, 4.69) is 49.9 Å². The summed E-state index contributed by atoms with van der Waals surface area (Å²) < 4.78 is 0. The van der Waals surface area contributed by atoms with Crippen LogP contribution in [0.3, 0.4) is 0 Å². The fourth-order valence-electron chi connectivity index (χ4n) is 2.47. The highest BCUT2D eigenvalue weighted by Gasteiger charge is 2.34. The lowest BCUT2D eigenvalue weighted by Crippen LogP contribution is -2.48. The second-order valence-corrected chi connectivity index (χ2v) is 5.50. The molecular weight excluding hydrogens is 198 g/mol. The summed E-state index contributed by atoms with van der Waals surface area (Å²) in [6, 6.07) is 8.47. The molecular formula is C14H21NO. The van der Waals surface area contributed by atoms with E-state index in [9.17, 15) is 5.11 Å². The van der Waals surface area contributed by atoms with Crippen LogP contribution in [-0.4, -0.2) is 24.3 Å². The Balaban J connectivity index is 2.21. The molecule has 1 aliphatic heterocycles. The van der Waals surface area contributed by atoms with Gasteiger partial charge in [-0.2, -0.15) is 0 Å². The van der Waals surface area contributed by atoms with E-state index in [0.717, 1.165) is 19.5 Å². The molecule has 2 nitrogen and oxygen atoms in total. The monoisotopic (exact) mass is 219 g/mol. The number of hydrogen-bond donors (Lipinski definition) is 1. The summed E-state index contributed by atoms with van der Waals surface area (Å²) in [6.07, 6.45) is 0.689. The molecule has 1 atom stereocenters. The van der Waals surface area contributed by atoms with E-state index in [4.69, 9.17) is 0 Å². The summed E-state index contributed by atoms with van der Waals surface area (Å²) in [5.74, 6) is 0. The molecule has 1 aromatic carbocycles. The smallest absolute Gasteiger partial charge is 0.0624 e. The van der Waals surface area contributed by atoms with Crippen molar-refractivity contribution in [3.63, 3.8) is 0 Å². The van der Waals surface area contributed by atoms with Crippen molar-refractivity contribution in [1.82, 2.24) is 0 Å². The summed E-state index contributed by atoms with van der Waals surface area (Å²) in [4.78, 5) is 2.39. The zero-order valence-electron chi connectivity index (χ0n) is 10.4. The molecule has 2 heteroatoms. The Bertz CT molecular complexity index is 373. The average molecular weight is 219 g/mol. The van der Waals surface area contributed by atoms with E-state index < -0.39 is 0 Å². The first-order valence-electron chi connectivity index (χ1n) is 5.99. The van der Waals surface area contributed by atoms with Gasteiger partial charge < -0.3 is 10.0 Å². The van der Waals surface area contributed by atoms with Gasteiger partial charge in [0.25, 0.3) is 0 Å². The van der Waals surface area contributed by atoms with Crippen LogP contribution < -0.4 is 4.90 Å². The molecule has 0 spiro atoms. The Morgan fingerprint density at radius 2 is 2.00 bits per heavy atom. The van der Waals surface area contributed by atoms with Crippen LogP contribution in [0.4, 0.5) is 5.69 Å². The van der Waals surface area contributed by atoms with Crippen LogP contribution in [0.2, 0.25) is 0 Å². The van der Waals surface area contributed by atoms with Gasteiger partial charge in [0.1, 0.15) is 0 Å². The van der Waals surface area contributed by atoms with E-state index in [1.807, 2.05) is 0 Å². The highest BCUT2D eigenvalue weighted by atomic mass is 16.3. The molecule has 88 valence electrons. The molecule has 0 aliphatic carbocycles. The zero-order chi connectivity index (χ0) is 11.8. The molecule has 16 heavy (non-hydrogen) atoms. The Hall–Kier alpha value is -1.02. The number of rotatable bonds is 1. The van der Waals surface area contributed by atoms with E-state index in [1.54, 1.807) is 0 Å². The molecule has 1 fully saturated rings. The molecule has 0 saturated carbocycles. The lowest BCUT2D eigenvalue weighted by molar-refractivity contribution is 0.0336. The largest absolute Gasteiger partial charge is 0.392 e. The normalized spacial score (nSPS) is 24.5. The topological polar surface area (TPSA) is 23.5 Å². The van der Waals surface area contributed by atoms with Crippen molar-refractivity contribution in [3.8, 4) is 0 Å². The maximum Gasteiger partial charge on any atom is 0.0624 e. The fourth-order valence-corrected chi connectivity index (χ4v) is 2.47. The summed E-state index contributed by atoms with van der Waals surface area (Å²) in [7, 11) is 0. The van der Waals surface area contributed by atoms with Crippen LogP contribution in [0.25, 0.3) is 0 Å². The van der Waals surface area contributed by atoms with Crippen LogP contribution >= 0.6 is 0 Å². The second-order valence-electron chi connectivity index (χ2n) is 5.50. The number of aliphatic hydroxyl groups excluding tert-OH is 1. The molecule has 1 N–H and O–H groups in total. The van der Waals surface area contributed by atoms with Gasteiger partial charge in [-0.1, -0.05) is 32.0 Å². The standard InChI is InChI=1S/C14H21NO/c1-11-6-4-5-7-12(11)15-9-8-13(16)14(2,3)10-15/h4-7,13,16H,8-10H2,1-3H3. The highest BCUT2D eigenvalue weighted by molar-refractivity contribution is 5.53. The molecule has 1 saturated heterocycles. The number of aliphatic hydroxyl groups is 1. The number of aryl methyl sites for hydroxylation is 1. The number of nitrogens with zero attached hydrogens (tertiary/aromatic N) is 1. The minimum atomic E-state index is -0.173. The molecule has 1 unspecified atom stereocenters. The summed E-state index contributed by atoms with van der Waals surface area (Å²) >= 11 is 0. The molecule has 1 aromatic rings. The van der Waals surface area contributed by atoms with Crippen LogP contribution in [0.15, 0.2) is 24.3 Å².